The van der Waals surface area contributed by atoms with Crippen molar-refractivity contribution in [2.45, 2.75) is 18.9 Å². The van der Waals surface area contributed by atoms with Crippen molar-refractivity contribution in [3.05, 3.63) is 106 Å². The molecule has 0 atom stereocenters. The fourth-order valence-corrected chi connectivity index (χ4v) is 4.13. The topological polar surface area (TPSA) is 59.4 Å². The normalized spacial score (nSPS) is 13.6. The number of hydrogen-bond acceptors (Lipinski definition) is 3. The van der Waals surface area contributed by atoms with Crippen LogP contribution in [0.25, 0.3) is 16.9 Å². The zero-order valence-electron chi connectivity index (χ0n) is 17.3. The number of aromatic amines is 1. The van der Waals surface area contributed by atoms with Gasteiger partial charge in [-0.05, 0) is 60.4 Å². The molecule has 5 heteroatoms. The molecular formula is C26H23N3O2. The first-order valence-electron chi connectivity index (χ1n) is 10.4. The summed E-state index contributed by atoms with van der Waals surface area (Å²) < 4.78 is 6.85. The number of H-pyrrole nitrogens is 1. The van der Waals surface area contributed by atoms with E-state index in [2.05, 4.69) is 29.4 Å². The lowest BCUT2D eigenvalue weighted by Gasteiger charge is -2.04. The van der Waals surface area contributed by atoms with Crippen LogP contribution in [-0.2, 0) is 12.8 Å². The molecule has 0 aliphatic heterocycles. The zero-order valence-corrected chi connectivity index (χ0v) is 17.3. The highest BCUT2D eigenvalue weighted by Crippen LogP contribution is 2.25. The van der Waals surface area contributed by atoms with E-state index in [0.717, 1.165) is 35.5 Å². The van der Waals surface area contributed by atoms with Crippen molar-refractivity contribution in [3.63, 3.8) is 0 Å². The standard InChI is InChI=1S/C26H23N3O2/c1-31-23-13-11-18(12-14-23)25-24(26(30)29(28-25)22-9-3-2-4-10-22)17-27-21-15-19-7-5-6-8-20(19)16-21/h2-14,17,21,28H,15-16H2,1H3. The van der Waals surface area contributed by atoms with E-state index < -0.39 is 0 Å². The Hall–Kier alpha value is -3.86. The highest BCUT2D eigenvalue weighted by Gasteiger charge is 2.21. The SMILES string of the molecule is COc1ccc(-c2[nH]n(-c3ccccc3)c(=O)c2C=NC2Cc3ccccc3C2)cc1. The van der Waals surface area contributed by atoms with Gasteiger partial charge in [-0.25, -0.2) is 4.68 Å². The smallest absolute Gasteiger partial charge is 0.280 e. The van der Waals surface area contributed by atoms with E-state index in [-0.39, 0.29) is 11.6 Å². The molecule has 5 rings (SSSR count). The number of ether oxygens (including phenoxy) is 1. The lowest BCUT2D eigenvalue weighted by Crippen LogP contribution is -2.17. The van der Waals surface area contributed by atoms with Crippen LogP contribution in [0.3, 0.4) is 0 Å². The van der Waals surface area contributed by atoms with E-state index in [9.17, 15) is 4.79 Å². The van der Waals surface area contributed by atoms with Crippen molar-refractivity contribution >= 4 is 6.21 Å². The predicted molar refractivity (Wildman–Crippen MR) is 124 cm³/mol. The van der Waals surface area contributed by atoms with E-state index in [0.29, 0.717) is 5.56 Å². The molecule has 1 aliphatic rings. The molecule has 5 nitrogen and oxygen atoms in total. The molecule has 0 spiro atoms. The molecule has 4 aromatic rings. The lowest BCUT2D eigenvalue weighted by atomic mass is 10.1. The molecule has 1 aliphatic carbocycles. The second kappa shape index (κ2) is 8.11. The van der Waals surface area contributed by atoms with Crippen molar-refractivity contribution in [3.8, 4) is 22.7 Å². The summed E-state index contributed by atoms with van der Waals surface area (Å²) in [5, 5.41) is 3.28. The molecule has 0 unspecified atom stereocenters. The Morgan fingerprint density at radius 3 is 2.23 bits per heavy atom. The van der Waals surface area contributed by atoms with Gasteiger partial charge in [0.1, 0.15) is 5.75 Å². The van der Waals surface area contributed by atoms with Gasteiger partial charge in [0, 0.05) is 11.8 Å². The van der Waals surface area contributed by atoms with Gasteiger partial charge in [0.05, 0.1) is 30.1 Å². The minimum atomic E-state index is -0.115. The maximum Gasteiger partial charge on any atom is 0.280 e. The number of aromatic nitrogens is 2. The average molecular weight is 409 g/mol. The van der Waals surface area contributed by atoms with Crippen LogP contribution in [0.5, 0.6) is 5.75 Å². The van der Waals surface area contributed by atoms with Crippen molar-refractivity contribution in [1.82, 2.24) is 9.78 Å². The summed E-state index contributed by atoms with van der Waals surface area (Å²) in [6, 6.07) is 25.9. The molecule has 154 valence electrons. The van der Waals surface area contributed by atoms with Gasteiger partial charge in [0.2, 0.25) is 0 Å². The molecule has 1 aromatic heterocycles. The van der Waals surface area contributed by atoms with Gasteiger partial charge in [-0.15, -0.1) is 0 Å². The van der Waals surface area contributed by atoms with Crippen LogP contribution in [0.4, 0.5) is 0 Å². The van der Waals surface area contributed by atoms with Crippen LogP contribution >= 0.6 is 0 Å². The Bertz CT molecular complexity index is 1260. The quantitative estimate of drug-likeness (QED) is 0.496. The number of aliphatic imine (C=N–C) groups is 1. The number of rotatable bonds is 5. The van der Waals surface area contributed by atoms with Crippen molar-refractivity contribution in [2.24, 2.45) is 4.99 Å². The lowest BCUT2D eigenvalue weighted by molar-refractivity contribution is 0.415. The number of fused-ring (bicyclic) bond motifs is 1. The molecule has 0 fully saturated rings. The molecule has 31 heavy (non-hydrogen) atoms. The summed E-state index contributed by atoms with van der Waals surface area (Å²) in [5.74, 6) is 0.771. The van der Waals surface area contributed by atoms with E-state index in [1.807, 2.05) is 54.6 Å². The summed E-state index contributed by atoms with van der Waals surface area (Å²) in [7, 11) is 1.64. The molecular weight excluding hydrogens is 386 g/mol. The van der Waals surface area contributed by atoms with Crippen LogP contribution < -0.4 is 10.3 Å². The zero-order chi connectivity index (χ0) is 21.2. The number of benzene rings is 3. The molecule has 3 aromatic carbocycles. The van der Waals surface area contributed by atoms with Gasteiger partial charge in [-0.1, -0.05) is 42.5 Å². The van der Waals surface area contributed by atoms with Crippen LogP contribution in [0.2, 0.25) is 0 Å². The summed E-state index contributed by atoms with van der Waals surface area (Å²) in [6.07, 6.45) is 3.55. The van der Waals surface area contributed by atoms with Gasteiger partial charge in [-0.3, -0.25) is 14.9 Å². The van der Waals surface area contributed by atoms with Gasteiger partial charge < -0.3 is 4.74 Å². The van der Waals surface area contributed by atoms with E-state index in [4.69, 9.17) is 9.73 Å². The number of hydrogen-bond donors (Lipinski definition) is 1. The molecule has 1 heterocycles. The minimum absolute atomic E-state index is 0.115. The molecule has 0 saturated heterocycles. The van der Waals surface area contributed by atoms with Crippen LogP contribution in [0.15, 0.2) is 88.6 Å². The monoisotopic (exact) mass is 409 g/mol. The van der Waals surface area contributed by atoms with Crippen LogP contribution in [0.1, 0.15) is 16.7 Å². The average Bonchev–Trinajstić information content (AvgIpc) is 3.39. The van der Waals surface area contributed by atoms with Gasteiger partial charge in [0.15, 0.2) is 0 Å². The maximum absolute atomic E-state index is 13.3. The Labute approximate surface area is 180 Å². The van der Waals surface area contributed by atoms with Crippen molar-refractivity contribution in [2.75, 3.05) is 7.11 Å². The Balaban J connectivity index is 1.54. The number of methoxy groups -OCH3 is 1. The third kappa shape index (κ3) is 3.70. The Morgan fingerprint density at radius 2 is 1.58 bits per heavy atom. The third-order valence-corrected chi connectivity index (χ3v) is 5.76. The second-order valence-corrected chi connectivity index (χ2v) is 7.71. The summed E-state index contributed by atoms with van der Waals surface area (Å²) in [4.78, 5) is 18.1. The maximum atomic E-state index is 13.3. The number of nitrogens with one attached hydrogen (secondary N) is 1. The first kappa shape index (κ1) is 19.1. The Morgan fingerprint density at radius 1 is 0.935 bits per heavy atom. The second-order valence-electron chi connectivity index (χ2n) is 7.71. The minimum Gasteiger partial charge on any atom is -0.497 e. The van der Waals surface area contributed by atoms with Crippen molar-refractivity contribution in [1.29, 1.82) is 0 Å². The van der Waals surface area contributed by atoms with Gasteiger partial charge in [0.25, 0.3) is 5.56 Å². The number of nitrogens with zero attached hydrogens (tertiary/aromatic N) is 2. The van der Waals surface area contributed by atoms with Crippen LogP contribution in [0, 0.1) is 0 Å². The fraction of sp³-hybridized carbons (Fsp3) is 0.154. The Kier molecular flexibility index (Phi) is 5.00. The third-order valence-electron chi connectivity index (χ3n) is 5.76. The predicted octanol–water partition coefficient (Wildman–Crippen LogP) is 4.43. The van der Waals surface area contributed by atoms with Crippen LogP contribution in [-0.4, -0.2) is 29.1 Å². The van der Waals surface area contributed by atoms with Gasteiger partial charge >= 0.3 is 0 Å². The van der Waals surface area contributed by atoms with Crippen molar-refractivity contribution < 1.29 is 4.74 Å². The molecule has 0 bridgehead atoms. The first-order valence-corrected chi connectivity index (χ1v) is 10.4. The first-order chi connectivity index (χ1) is 15.2. The fourth-order valence-electron chi connectivity index (χ4n) is 4.13. The van der Waals surface area contributed by atoms with E-state index >= 15 is 0 Å². The molecule has 0 radical (unpaired) electrons. The largest absolute Gasteiger partial charge is 0.497 e. The highest BCUT2D eigenvalue weighted by molar-refractivity contribution is 5.89. The molecule has 0 saturated carbocycles. The molecule has 1 N–H and O–H groups in total. The summed E-state index contributed by atoms with van der Waals surface area (Å²) in [5.41, 5.74) is 5.57. The summed E-state index contributed by atoms with van der Waals surface area (Å²) >= 11 is 0. The number of para-hydroxylation sites is 1. The van der Waals surface area contributed by atoms with Gasteiger partial charge in [-0.2, -0.15) is 0 Å². The summed E-state index contributed by atoms with van der Waals surface area (Å²) in [6.45, 7) is 0. The van der Waals surface area contributed by atoms with E-state index in [1.165, 1.54) is 11.1 Å². The van der Waals surface area contributed by atoms with E-state index in [1.54, 1.807) is 18.0 Å². The highest BCUT2D eigenvalue weighted by atomic mass is 16.5. The molecule has 0 amide bonds.